The van der Waals surface area contributed by atoms with E-state index in [4.69, 9.17) is 18.9 Å². The first-order valence-corrected chi connectivity index (χ1v) is 10.6. The Balaban J connectivity index is 1.80. The van der Waals surface area contributed by atoms with E-state index in [9.17, 15) is 9.59 Å². The lowest BCUT2D eigenvalue weighted by molar-refractivity contribution is -0.119. The number of hydrogen-bond donors (Lipinski definition) is 1. The highest BCUT2D eigenvalue weighted by Crippen LogP contribution is 2.50. The number of amides is 1. The maximum atomic E-state index is 12.8. The van der Waals surface area contributed by atoms with Crippen LogP contribution in [0.5, 0.6) is 17.2 Å². The molecule has 1 amide bonds. The van der Waals surface area contributed by atoms with E-state index in [0.29, 0.717) is 20.4 Å². The number of ether oxygens (including phenoxy) is 4. The van der Waals surface area contributed by atoms with Crippen molar-refractivity contribution in [1.29, 1.82) is 0 Å². The molecule has 0 spiro atoms. The molecule has 0 saturated carbocycles. The summed E-state index contributed by atoms with van der Waals surface area (Å²) in [5.74, 6) is -0.395. The molecule has 1 N–H and O–H groups in total. The number of rotatable bonds is 7. The Bertz CT molecular complexity index is 1110. The number of anilines is 1. The van der Waals surface area contributed by atoms with Gasteiger partial charge in [-0.25, -0.2) is 4.79 Å². The minimum Gasteiger partial charge on any atom is -0.492 e. The molecule has 31 heavy (non-hydrogen) atoms. The highest BCUT2D eigenvalue weighted by Gasteiger charge is 2.29. The average Bonchev–Trinajstić information content (AvgIpc) is 2.77. The lowest BCUT2D eigenvalue weighted by atomic mass is 10.1. The lowest BCUT2D eigenvalue weighted by Gasteiger charge is -2.18. The molecule has 0 aromatic heterocycles. The van der Waals surface area contributed by atoms with Crippen LogP contribution in [0.4, 0.5) is 5.69 Å². The van der Waals surface area contributed by atoms with Gasteiger partial charge in [-0.3, -0.25) is 4.79 Å². The van der Waals surface area contributed by atoms with Gasteiger partial charge in [-0.1, -0.05) is 36.4 Å². The van der Waals surface area contributed by atoms with Crippen molar-refractivity contribution in [2.24, 2.45) is 0 Å². The summed E-state index contributed by atoms with van der Waals surface area (Å²) in [5, 5.41) is 4.65. The van der Waals surface area contributed by atoms with Crippen molar-refractivity contribution in [3.8, 4) is 17.2 Å². The van der Waals surface area contributed by atoms with Gasteiger partial charge in [0, 0.05) is 11.1 Å². The molecular weight excluding hydrogens is 534 g/mol. The molecule has 0 bridgehead atoms. The number of benzene rings is 3. The van der Waals surface area contributed by atoms with Crippen LogP contribution < -0.4 is 19.5 Å². The van der Waals surface area contributed by atoms with E-state index in [-0.39, 0.29) is 17.1 Å². The van der Waals surface area contributed by atoms with Crippen LogP contribution in [0.3, 0.4) is 0 Å². The van der Waals surface area contributed by atoms with Crippen LogP contribution in [0.15, 0.2) is 51.4 Å². The van der Waals surface area contributed by atoms with Crippen LogP contribution >= 0.6 is 31.9 Å². The molecule has 0 aliphatic rings. The van der Waals surface area contributed by atoms with Crippen LogP contribution in [0, 0.1) is 0 Å². The average molecular weight is 553 g/mol. The molecule has 0 fully saturated rings. The third-order valence-corrected chi connectivity index (χ3v) is 5.98. The fourth-order valence-electron chi connectivity index (χ4n) is 3.08. The predicted octanol–water partition coefficient (Wildman–Crippen LogP) is 5.19. The molecule has 3 aromatic rings. The molecule has 0 radical (unpaired) electrons. The van der Waals surface area contributed by atoms with Crippen molar-refractivity contribution in [2.75, 3.05) is 33.3 Å². The number of methoxy groups -OCH3 is 3. The van der Waals surface area contributed by atoms with E-state index >= 15 is 0 Å². The quantitative estimate of drug-likeness (QED) is 0.406. The van der Waals surface area contributed by atoms with Gasteiger partial charge in [0.1, 0.15) is 0 Å². The van der Waals surface area contributed by atoms with Crippen molar-refractivity contribution in [3.05, 3.63) is 57.0 Å². The van der Waals surface area contributed by atoms with Crippen LogP contribution in [0.25, 0.3) is 10.8 Å². The predicted molar refractivity (Wildman–Crippen MR) is 124 cm³/mol. The van der Waals surface area contributed by atoms with Crippen molar-refractivity contribution in [3.63, 3.8) is 0 Å². The first-order chi connectivity index (χ1) is 14.9. The van der Waals surface area contributed by atoms with Gasteiger partial charge in [0.05, 0.1) is 35.8 Å². The van der Waals surface area contributed by atoms with Gasteiger partial charge in [-0.05, 0) is 43.3 Å². The molecule has 3 aromatic carbocycles. The Morgan fingerprint density at radius 2 is 1.42 bits per heavy atom. The number of halogens is 2. The first kappa shape index (κ1) is 22.9. The van der Waals surface area contributed by atoms with E-state index in [2.05, 4.69) is 37.2 Å². The Hall–Kier alpha value is -2.78. The van der Waals surface area contributed by atoms with Crippen LogP contribution in [-0.4, -0.2) is 39.8 Å². The monoisotopic (exact) mass is 551 g/mol. The van der Waals surface area contributed by atoms with E-state index in [1.807, 2.05) is 36.4 Å². The SMILES string of the molecule is COc1c(Br)c(C(=O)OCC(=O)Nc2cccc3ccccc23)c(Br)c(OC)c1OC. The molecule has 0 saturated heterocycles. The van der Waals surface area contributed by atoms with Crippen LogP contribution in [0.2, 0.25) is 0 Å². The summed E-state index contributed by atoms with van der Waals surface area (Å²) in [4.78, 5) is 25.2. The maximum absolute atomic E-state index is 12.8. The highest BCUT2D eigenvalue weighted by atomic mass is 79.9. The molecule has 0 unspecified atom stereocenters. The van der Waals surface area contributed by atoms with Gasteiger partial charge >= 0.3 is 5.97 Å². The lowest BCUT2D eigenvalue weighted by Crippen LogP contribution is -2.21. The summed E-state index contributed by atoms with van der Waals surface area (Å²) in [6, 6.07) is 13.2. The van der Waals surface area contributed by atoms with E-state index in [1.165, 1.54) is 21.3 Å². The number of esters is 1. The summed E-state index contributed by atoms with van der Waals surface area (Å²) >= 11 is 6.69. The first-order valence-electron chi connectivity index (χ1n) is 9.04. The minimum atomic E-state index is -0.744. The zero-order chi connectivity index (χ0) is 22.5. The number of hydrogen-bond acceptors (Lipinski definition) is 6. The number of nitrogens with one attached hydrogen (secondary N) is 1. The van der Waals surface area contributed by atoms with Crippen molar-refractivity contribution >= 4 is 60.2 Å². The van der Waals surface area contributed by atoms with Gasteiger partial charge in [-0.2, -0.15) is 0 Å². The largest absolute Gasteiger partial charge is 0.492 e. The van der Waals surface area contributed by atoms with Crippen molar-refractivity contribution in [1.82, 2.24) is 0 Å². The second kappa shape index (κ2) is 10.0. The zero-order valence-electron chi connectivity index (χ0n) is 17.0. The Kier molecular flexibility index (Phi) is 7.40. The third-order valence-electron chi connectivity index (χ3n) is 4.46. The topological polar surface area (TPSA) is 83.1 Å². The van der Waals surface area contributed by atoms with E-state index in [1.54, 1.807) is 6.07 Å². The van der Waals surface area contributed by atoms with E-state index < -0.39 is 18.5 Å². The molecular formula is C22H19Br2NO6. The molecule has 162 valence electrons. The van der Waals surface area contributed by atoms with Gasteiger partial charge < -0.3 is 24.3 Å². The molecule has 7 nitrogen and oxygen atoms in total. The van der Waals surface area contributed by atoms with Gasteiger partial charge in [0.15, 0.2) is 18.1 Å². The summed E-state index contributed by atoms with van der Waals surface area (Å²) in [6.45, 7) is -0.475. The van der Waals surface area contributed by atoms with Gasteiger partial charge in [0.2, 0.25) is 5.75 Å². The van der Waals surface area contributed by atoms with E-state index in [0.717, 1.165) is 10.8 Å². The second-order valence-electron chi connectivity index (χ2n) is 6.25. The number of carbonyl (C=O) groups is 2. The standard InChI is InChI=1S/C22H19Br2NO6/c1-28-19-17(23)16(18(24)20(29-2)21(19)30-3)22(27)31-11-15(26)25-14-10-6-8-12-7-4-5-9-13(12)14/h4-10H,11H2,1-3H3,(H,25,26). The minimum absolute atomic E-state index is 0.104. The fourth-order valence-corrected chi connectivity index (χ4v) is 4.75. The number of carbonyl (C=O) groups excluding carboxylic acids is 2. The summed E-state index contributed by atoms with van der Waals surface area (Å²) in [7, 11) is 4.32. The molecule has 9 heteroatoms. The summed E-state index contributed by atoms with van der Waals surface area (Å²) in [5.41, 5.74) is 0.738. The number of fused-ring (bicyclic) bond motifs is 1. The zero-order valence-corrected chi connectivity index (χ0v) is 20.1. The Labute approximate surface area is 195 Å². The van der Waals surface area contributed by atoms with Gasteiger partial charge in [-0.15, -0.1) is 0 Å². The van der Waals surface area contributed by atoms with Gasteiger partial charge in [0.25, 0.3) is 5.91 Å². The molecule has 0 atom stereocenters. The second-order valence-corrected chi connectivity index (χ2v) is 7.84. The summed E-state index contributed by atoms with van der Waals surface area (Å²) < 4.78 is 21.9. The normalized spacial score (nSPS) is 10.5. The van der Waals surface area contributed by atoms with Crippen molar-refractivity contribution in [2.45, 2.75) is 0 Å². The summed E-state index contributed by atoms with van der Waals surface area (Å²) in [6.07, 6.45) is 0. The Morgan fingerprint density at radius 1 is 0.839 bits per heavy atom. The molecule has 0 aliphatic heterocycles. The smallest absolute Gasteiger partial charge is 0.341 e. The molecule has 3 rings (SSSR count). The maximum Gasteiger partial charge on any atom is 0.341 e. The Morgan fingerprint density at radius 3 is 2.03 bits per heavy atom. The van der Waals surface area contributed by atoms with Crippen molar-refractivity contribution < 1.29 is 28.5 Å². The fraction of sp³-hybridized carbons (Fsp3) is 0.182. The molecule has 0 aliphatic carbocycles. The van der Waals surface area contributed by atoms with Crippen LogP contribution in [0.1, 0.15) is 10.4 Å². The van der Waals surface area contributed by atoms with Crippen LogP contribution in [-0.2, 0) is 9.53 Å². The third kappa shape index (κ3) is 4.62. The molecule has 0 heterocycles. The highest BCUT2D eigenvalue weighted by molar-refractivity contribution is 9.11.